The molecule has 1 rings (SSSR count). The Hall–Kier alpha value is -0.390. The lowest BCUT2D eigenvalue weighted by molar-refractivity contribution is -0.122. The van der Waals surface area contributed by atoms with E-state index in [1.807, 2.05) is 18.4 Å². The molecule has 1 aromatic rings. The Morgan fingerprint density at radius 3 is 3.00 bits per heavy atom. The number of nitrogens with one attached hydrogen (secondary N) is 1. The molecule has 0 bridgehead atoms. The van der Waals surface area contributed by atoms with Crippen molar-refractivity contribution in [3.63, 3.8) is 0 Å². The Bertz CT molecular complexity index is 327. The van der Waals surface area contributed by atoms with Crippen LogP contribution in [0.3, 0.4) is 0 Å². The molecule has 3 nitrogen and oxygen atoms in total. The molecule has 0 aliphatic carbocycles. The second kappa shape index (κ2) is 6.25. The molecule has 84 valence electrons. The molecule has 1 aromatic heterocycles. The van der Waals surface area contributed by atoms with Gasteiger partial charge in [0.05, 0.1) is 12.6 Å². The summed E-state index contributed by atoms with van der Waals surface area (Å²) >= 11 is 4.98. The summed E-state index contributed by atoms with van der Waals surface area (Å²) < 4.78 is 1.05. The molecule has 0 saturated heterocycles. The minimum absolute atomic E-state index is 0.0682. The van der Waals surface area contributed by atoms with E-state index >= 15 is 0 Å². The van der Waals surface area contributed by atoms with E-state index in [9.17, 15) is 4.79 Å². The summed E-state index contributed by atoms with van der Waals surface area (Å²) in [6.07, 6.45) is 1.67. The lowest BCUT2D eigenvalue weighted by Crippen LogP contribution is -2.39. The van der Waals surface area contributed by atoms with E-state index in [0.29, 0.717) is 6.54 Å². The van der Waals surface area contributed by atoms with E-state index in [-0.39, 0.29) is 11.9 Å². The van der Waals surface area contributed by atoms with Crippen molar-refractivity contribution in [2.75, 3.05) is 0 Å². The zero-order valence-corrected chi connectivity index (χ0v) is 11.0. The number of thiophene rings is 1. The number of nitrogens with two attached hydrogens (primary N) is 1. The van der Waals surface area contributed by atoms with Crippen molar-refractivity contribution in [3.05, 3.63) is 20.8 Å². The van der Waals surface area contributed by atoms with Gasteiger partial charge in [0.25, 0.3) is 0 Å². The summed E-state index contributed by atoms with van der Waals surface area (Å²) in [6.45, 7) is 2.58. The molecule has 0 aliphatic rings. The first-order valence-corrected chi connectivity index (χ1v) is 6.57. The molecule has 0 aliphatic heterocycles. The van der Waals surface area contributed by atoms with Crippen molar-refractivity contribution in [1.82, 2.24) is 5.32 Å². The predicted octanol–water partition coefficient (Wildman–Crippen LogP) is 2.25. The molecule has 0 aromatic carbocycles. The second-order valence-corrected chi connectivity index (χ2v) is 5.26. The molecular formula is C10H15BrN2OS. The number of amides is 1. The van der Waals surface area contributed by atoms with Crippen LogP contribution in [0.25, 0.3) is 0 Å². The lowest BCUT2D eigenvalue weighted by Gasteiger charge is -2.09. The van der Waals surface area contributed by atoms with Crippen LogP contribution in [0.2, 0.25) is 0 Å². The highest BCUT2D eigenvalue weighted by molar-refractivity contribution is 9.10. The van der Waals surface area contributed by atoms with E-state index in [1.54, 1.807) is 11.3 Å². The Labute approximate surface area is 102 Å². The second-order valence-electron chi connectivity index (χ2n) is 3.34. The summed E-state index contributed by atoms with van der Waals surface area (Å²) in [5.41, 5.74) is 5.68. The fourth-order valence-electron chi connectivity index (χ4n) is 1.19. The fourth-order valence-corrected chi connectivity index (χ4v) is 2.58. The standard InChI is InChI=1S/C10H15BrN2OS/c1-2-3-9(12)10(14)13-5-8-4-7(11)6-15-8/h4,6,9H,2-3,5,12H2,1H3,(H,13,14)/t9-/m0/s1. The van der Waals surface area contributed by atoms with Gasteiger partial charge in [-0.1, -0.05) is 13.3 Å². The van der Waals surface area contributed by atoms with Gasteiger partial charge < -0.3 is 11.1 Å². The highest BCUT2D eigenvalue weighted by atomic mass is 79.9. The quantitative estimate of drug-likeness (QED) is 0.874. The summed E-state index contributed by atoms with van der Waals surface area (Å²) in [5, 5.41) is 4.82. The van der Waals surface area contributed by atoms with Gasteiger partial charge in [0.15, 0.2) is 0 Å². The third-order valence-electron chi connectivity index (χ3n) is 2.00. The van der Waals surface area contributed by atoms with Crippen LogP contribution in [0.1, 0.15) is 24.6 Å². The van der Waals surface area contributed by atoms with E-state index in [1.165, 1.54) is 0 Å². The molecule has 3 N–H and O–H groups in total. The lowest BCUT2D eigenvalue weighted by atomic mass is 10.2. The molecule has 0 spiro atoms. The molecule has 0 unspecified atom stereocenters. The zero-order chi connectivity index (χ0) is 11.3. The van der Waals surface area contributed by atoms with Crippen molar-refractivity contribution in [1.29, 1.82) is 0 Å². The predicted molar refractivity (Wildman–Crippen MR) is 66.7 cm³/mol. The van der Waals surface area contributed by atoms with Crippen molar-refractivity contribution >= 4 is 33.2 Å². The maximum atomic E-state index is 11.5. The van der Waals surface area contributed by atoms with Gasteiger partial charge in [0, 0.05) is 14.7 Å². The third kappa shape index (κ3) is 4.32. The van der Waals surface area contributed by atoms with Crippen LogP contribution >= 0.6 is 27.3 Å². The van der Waals surface area contributed by atoms with Gasteiger partial charge in [-0.2, -0.15) is 0 Å². The van der Waals surface area contributed by atoms with Crippen molar-refractivity contribution < 1.29 is 4.79 Å². The molecule has 1 heterocycles. The van der Waals surface area contributed by atoms with Gasteiger partial charge in [-0.25, -0.2) is 0 Å². The Morgan fingerprint density at radius 2 is 2.47 bits per heavy atom. The Morgan fingerprint density at radius 1 is 1.73 bits per heavy atom. The van der Waals surface area contributed by atoms with Gasteiger partial charge in [0.1, 0.15) is 0 Å². The maximum absolute atomic E-state index is 11.5. The monoisotopic (exact) mass is 290 g/mol. The van der Waals surface area contributed by atoms with Gasteiger partial charge in [-0.05, 0) is 28.4 Å². The normalized spacial score (nSPS) is 12.5. The number of carbonyl (C=O) groups is 1. The van der Waals surface area contributed by atoms with Crippen molar-refractivity contribution in [3.8, 4) is 0 Å². The number of hydrogen-bond donors (Lipinski definition) is 2. The Balaban J connectivity index is 2.34. The summed E-state index contributed by atoms with van der Waals surface area (Å²) in [5.74, 6) is -0.0682. The third-order valence-corrected chi connectivity index (χ3v) is 3.69. The van der Waals surface area contributed by atoms with Crippen LogP contribution in [0.4, 0.5) is 0 Å². The van der Waals surface area contributed by atoms with E-state index in [0.717, 1.165) is 22.2 Å². The van der Waals surface area contributed by atoms with Gasteiger partial charge in [0.2, 0.25) is 5.91 Å². The molecule has 0 fully saturated rings. The van der Waals surface area contributed by atoms with Crippen LogP contribution in [0.15, 0.2) is 15.9 Å². The highest BCUT2D eigenvalue weighted by Crippen LogP contribution is 2.19. The van der Waals surface area contributed by atoms with Crippen LogP contribution < -0.4 is 11.1 Å². The van der Waals surface area contributed by atoms with Crippen LogP contribution in [-0.4, -0.2) is 11.9 Å². The number of hydrogen-bond acceptors (Lipinski definition) is 3. The van der Waals surface area contributed by atoms with E-state index in [4.69, 9.17) is 5.73 Å². The largest absolute Gasteiger partial charge is 0.350 e. The van der Waals surface area contributed by atoms with Gasteiger partial charge in [-0.15, -0.1) is 11.3 Å². The summed E-state index contributed by atoms with van der Waals surface area (Å²) in [4.78, 5) is 12.6. The Kier molecular flexibility index (Phi) is 5.28. The van der Waals surface area contributed by atoms with Crippen molar-refractivity contribution in [2.24, 2.45) is 5.73 Å². The molecule has 5 heteroatoms. The zero-order valence-electron chi connectivity index (χ0n) is 8.63. The summed E-state index contributed by atoms with van der Waals surface area (Å²) in [7, 11) is 0. The average molecular weight is 291 g/mol. The molecule has 0 radical (unpaired) electrons. The topological polar surface area (TPSA) is 55.1 Å². The molecule has 1 amide bonds. The van der Waals surface area contributed by atoms with Gasteiger partial charge in [-0.3, -0.25) is 4.79 Å². The van der Waals surface area contributed by atoms with E-state index < -0.39 is 0 Å². The minimum atomic E-state index is -0.376. The molecular weight excluding hydrogens is 276 g/mol. The van der Waals surface area contributed by atoms with Crippen LogP contribution in [-0.2, 0) is 11.3 Å². The first-order chi connectivity index (χ1) is 7.13. The number of rotatable bonds is 5. The molecule has 0 saturated carbocycles. The van der Waals surface area contributed by atoms with E-state index in [2.05, 4.69) is 21.2 Å². The van der Waals surface area contributed by atoms with Gasteiger partial charge >= 0.3 is 0 Å². The number of carbonyl (C=O) groups excluding carboxylic acids is 1. The maximum Gasteiger partial charge on any atom is 0.237 e. The summed E-state index contributed by atoms with van der Waals surface area (Å²) in [6, 6.07) is 1.62. The first-order valence-electron chi connectivity index (χ1n) is 4.89. The molecule has 1 atom stereocenters. The average Bonchev–Trinajstić information content (AvgIpc) is 2.61. The highest BCUT2D eigenvalue weighted by Gasteiger charge is 2.11. The first kappa shape index (κ1) is 12.7. The molecule has 15 heavy (non-hydrogen) atoms. The number of halogens is 1. The van der Waals surface area contributed by atoms with Crippen LogP contribution in [0, 0.1) is 0 Å². The fraction of sp³-hybridized carbons (Fsp3) is 0.500. The minimum Gasteiger partial charge on any atom is -0.350 e. The smallest absolute Gasteiger partial charge is 0.237 e. The SMILES string of the molecule is CCC[C@H](N)C(=O)NCc1cc(Br)cs1. The van der Waals surface area contributed by atoms with Crippen molar-refractivity contribution in [2.45, 2.75) is 32.4 Å². The van der Waals surface area contributed by atoms with Crippen LogP contribution in [0.5, 0.6) is 0 Å².